The Balaban J connectivity index is 1.89. The van der Waals surface area contributed by atoms with E-state index >= 15 is 0 Å². The summed E-state index contributed by atoms with van der Waals surface area (Å²) in [6.07, 6.45) is 1.27. The van der Waals surface area contributed by atoms with Gasteiger partial charge in [-0.1, -0.05) is 54.1 Å². The predicted molar refractivity (Wildman–Crippen MR) is 118 cm³/mol. The molecule has 0 saturated carbocycles. The SMILES string of the molecule is COc1cc(/C=C(/C#N)C(=O)NC(N)=O)cc(Cl)c1OCc1cccc2ccccc12. The molecule has 0 unspecified atom stereocenters. The van der Waals surface area contributed by atoms with Crippen molar-refractivity contribution in [3.63, 3.8) is 0 Å². The number of hydrogen-bond donors (Lipinski definition) is 2. The number of methoxy groups -OCH3 is 1. The molecule has 3 N–H and O–H groups in total. The lowest BCUT2D eigenvalue weighted by Gasteiger charge is -2.14. The summed E-state index contributed by atoms with van der Waals surface area (Å²) in [6, 6.07) is 17.7. The number of fused-ring (bicyclic) bond motifs is 1. The average molecular weight is 436 g/mol. The molecule has 31 heavy (non-hydrogen) atoms. The number of nitrogens with zero attached hydrogens (tertiary/aromatic N) is 1. The van der Waals surface area contributed by atoms with Crippen LogP contribution in [-0.4, -0.2) is 19.0 Å². The second kappa shape index (κ2) is 9.65. The number of hydrogen-bond acceptors (Lipinski definition) is 5. The molecule has 0 aromatic heterocycles. The predicted octanol–water partition coefficient (Wildman–Crippen LogP) is 4.18. The second-order valence-corrected chi connectivity index (χ2v) is 6.86. The van der Waals surface area contributed by atoms with Gasteiger partial charge in [0.2, 0.25) is 0 Å². The number of benzene rings is 3. The monoisotopic (exact) mass is 435 g/mol. The van der Waals surface area contributed by atoms with E-state index in [1.165, 1.54) is 19.3 Å². The first kappa shape index (κ1) is 21.7. The van der Waals surface area contributed by atoms with E-state index in [4.69, 9.17) is 26.8 Å². The molecule has 8 heteroatoms. The second-order valence-electron chi connectivity index (χ2n) is 6.45. The molecule has 7 nitrogen and oxygen atoms in total. The summed E-state index contributed by atoms with van der Waals surface area (Å²) in [7, 11) is 1.45. The van der Waals surface area contributed by atoms with Gasteiger partial charge in [-0.05, 0) is 40.1 Å². The summed E-state index contributed by atoms with van der Waals surface area (Å²) in [4.78, 5) is 22.7. The van der Waals surface area contributed by atoms with E-state index in [9.17, 15) is 14.9 Å². The highest BCUT2D eigenvalue weighted by molar-refractivity contribution is 6.32. The summed E-state index contributed by atoms with van der Waals surface area (Å²) in [6.45, 7) is 0.261. The Morgan fingerprint density at radius 2 is 1.94 bits per heavy atom. The van der Waals surface area contributed by atoms with Gasteiger partial charge in [0.25, 0.3) is 5.91 Å². The molecular weight excluding hydrogens is 418 g/mol. The van der Waals surface area contributed by atoms with Crippen molar-refractivity contribution in [3.8, 4) is 17.6 Å². The Morgan fingerprint density at radius 3 is 2.65 bits per heavy atom. The van der Waals surface area contributed by atoms with Crippen molar-refractivity contribution in [2.45, 2.75) is 6.61 Å². The fourth-order valence-electron chi connectivity index (χ4n) is 3.03. The Labute approximate surface area is 183 Å². The molecule has 0 fully saturated rings. The van der Waals surface area contributed by atoms with Crippen molar-refractivity contribution in [1.82, 2.24) is 5.32 Å². The van der Waals surface area contributed by atoms with Crippen LogP contribution in [0, 0.1) is 11.3 Å². The maximum Gasteiger partial charge on any atom is 0.319 e. The van der Waals surface area contributed by atoms with Crippen molar-refractivity contribution >= 4 is 40.4 Å². The fraction of sp³-hybridized carbons (Fsp3) is 0.0870. The van der Waals surface area contributed by atoms with Gasteiger partial charge in [-0.3, -0.25) is 10.1 Å². The first-order valence-electron chi connectivity index (χ1n) is 9.12. The van der Waals surface area contributed by atoms with E-state index in [2.05, 4.69) is 0 Å². The van der Waals surface area contributed by atoms with Gasteiger partial charge < -0.3 is 15.2 Å². The van der Waals surface area contributed by atoms with Crippen LogP contribution in [0.5, 0.6) is 11.5 Å². The number of nitriles is 1. The van der Waals surface area contributed by atoms with Crippen molar-refractivity contribution < 1.29 is 19.1 Å². The highest BCUT2D eigenvalue weighted by Crippen LogP contribution is 2.38. The lowest BCUT2D eigenvalue weighted by atomic mass is 10.1. The first-order chi connectivity index (χ1) is 14.9. The smallest absolute Gasteiger partial charge is 0.319 e. The minimum atomic E-state index is -1.06. The molecule has 0 radical (unpaired) electrons. The van der Waals surface area contributed by atoms with Gasteiger partial charge in [-0.2, -0.15) is 5.26 Å². The molecule has 3 amide bonds. The molecular formula is C23H18ClN3O4. The van der Waals surface area contributed by atoms with Gasteiger partial charge in [-0.15, -0.1) is 0 Å². The number of carbonyl (C=O) groups excluding carboxylic acids is 2. The molecule has 0 atom stereocenters. The Hall–Kier alpha value is -4.02. The van der Waals surface area contributed by atoms with Crippen molar-refractivity contribution in [2.75, 3.05) is 7.11 Å². The van der Waals surface area contributed by atoms with Crippen LogP contribution in [0.3, 0.4) is 0 Å². The van der Waals surface area contributed by atoms with E-state index in [1.807, 2.05) is 47.8 Å². The normalized spacial score (nSPS) is 10.9. The lowest BCUT2D eigenvalue weighted by Crippen LogP contribution is -2.35. The molecule has 3 aromatic rings. The van der Waals surface area contributed by atoms with Crippen LogP contribution < -0.4 is 20.5 Å². The number of primary amides is 1. The zero-order valence-electron chi connectivity index (χ0n) is 16.5. The van der Waals surface area contributed by atoms with E-state index in [-0.39, 0.29) is 17.2 Å². The number of nitrogens with two attached hydrogens (primary N) is 1. The van der Waals surface area contributed by atoms with E-state index in [0.717, 1.165) is 16.3 Å². The number of amides is 3. The van der Waals surface area contributed by atoms with Crippen LogP contribution in [0.1, 0.15) is 11.1 Å². The number of imide groups is 1. The lowest BCUT2D eigenvalue weighted by molar-refractivity contribution is -0.115. The van der Waals surface area contributed by atoms with Gasteiger partial charge in [-0.25, -0.2) is 4.79 Å². The number of carbonyl (C=O) groups is 2. The maximum absolute atomic E-state index is 11.9. The van der Waals surface area contributed by atoms with Crippen LogP contribution in [0.2, 0.25) is 5.02 Å². The standard InChI is InChI=1S/C23H18ClN3O4/c1-30-20-11-14(9-17(12-25)22(28)27-23(26)29)10-19(24)21(20)31-13-16-7-4-6-15-5-2-3-8-18(15)16/h2-11H,13H2,1H3,(H3,26,27,28,29)/b17-9-. The van der Waals surface area contributed by atoms with E-state index < -0.39 is 11.9 Å². The molecule has 0 heterocycles. The maximum atomic E-state index is 11.9. The molecule has 0 spiro atoms. The van der Waals surface area contributed by atoms with E-state index in [0.29, 0.717) is 17.1 Å². The highest BCUT2D eigenvalue weighted by atomic mass is 35.5. The molecule has 0 aliphatic rings. The number of nitrogens with one attached hydrogen (secondary N) is 1. The van der Waals surface area contributed by atoms with Crippen LogP contribution in [0.15, 0.2) is 60.2 Å². The van der Waals surface area contributed by atoms with Crippen LogP contribution in [-0.2, 0) is 11.4 Å². The summed E-state index contributed by atoms with van der Waals surface area (Å²) >= 11 is 6.40. The minimum Gasteiger partial charge on any atom is -0.493 e. The van der Waals surface area contributed by atoms with Gasteiger partial charge >= 0.3 is 6.03 Å². The van der Waals surface area contributed by atoms with Crippen molar-refractivity contribution in [3.05, 3.63) is 76.3 Å². The Morgan fingerprint density at radius 1 is 1.19 bits per heavy atom. The Kier molecular flexibility index (Phi) is 6.75. The molecule has 3 aromatic carbocycles. The highest BCUT2D eigenvalue weighted by Gasteiger charge is 2.15. The third-order valence-electron chi connectivity index (χ3n) is 4.42. The third-order valence-corrected chi connectivity index (χ3v) is 4.70. The quantitative estimate of drug-likeness (QED) is 0.445. The van der Waals surface area contributed by atoms with Crippen LogP contribution in [0.4, 0.5) is 4.79 Å². The summed E-state index contributed by atoms with van der Waals surface area (Å²) in [5.74, 6) is -0.262. The number of halogens is 1. The van der Waals surface area contributed by atoms with Crippen LogP contribution >= 0.6 is 11.6 Å². The molecule has 0 aliphatic heterocycles. The average Bonchev–Trinajstić information content (AvgIpc) is 2.75. The first-order valence-corrected chi connectivity index (χ1v) is 9.50. The third kappa shape index (κ3) is 5.13. The number of urea groups is 1. The van der Waals surface area contributed by atoms with Gasteiger partial charge in [0.1, 0.15) is 18.2 Å². The summed E-state index contributed by atoms with van der Waals surface area (Å²) in [5.41, 5.74) is 6.00. The zero-order valence-corrected chi connectivity index (χ0v) is 17.3. The Bertz CT molecular complexity index is 1230. The zero-order chi connectivity index (χ0) is 22.4. The van der Waals surface area contributed by atoms with Crippen molar-refractivity contribution in [2.24, 2.45) is 5.73 Å². The molecule has 156 valence electrons. The summed E-state index contributed by atoms with van der Waals surface area (Å²) < 4.78 is 11.3. The minimum absolute atomic E-state index is 0.235. The van der Waals surface area contributed by atoms with Crippen LogP contribution in [0.25, 0.3) is 16.8 Å². The van der Waals surface area contributed by atoms with Crippen molar-refractivity contribution in [1.29, 1.82) is 5.26 Å². The van der Waals surface area contributed by atoms with Gasteiger partial charge in [0.15, 0.2) is 11.5 Å². The summed E-state index contributed by atoms with van der Waals surface area (Å²) in [5, 5.41) is 13.4. The molecule has 3 rings (SSSR count). The molecule has 0 bridgehead atoms. The fourth-order valence-corrected chi connectivity index (χ4v) is 3.30. The number of ether oxygens (including phenoxy) is 2. The molecule has 0 saturated heterocycles. The van der Waals surface area contributed by atoms with Gasteiger partial charge in [0.05, 0.1) is 12.1 Å². The molecule has 0 aliphatic carbocycles. The largest absolute Gasteiger partial charge is 0.493 e. The number of rotatable bonds is 6. The van der Waals surface area contributed by atoms with Gasteiger partial charge in [0, 0.05) is 0 Å². The van der Waals surface area contributed by atoms with E-state index in [1.54, 1.807) is 12.1 Å². The topological polar surface area (TPSA) is 114 Å².